The molecule has 0 N–H and O–H groups in total. The Morgan fingerprint density at radius 3 is 2.67 bits per heavy atom. The maximum atomic E-state index is 4.02. The molecule has 2 nitrogen and oxygen atoms in total. The van der Waals surface area contributed by atoms with E-state index < -0.39 is 0 Å². The van der Waals surface area contributed by atoms with Crippen molar-refractivity contribution in [3.8, 4) is 0 Å². The molecule has 0 amide bonds. The predicted octanol–water partition coefficient (Wildman–Crippen LogP) is 1.96. The third kappa shape index (κ3) is 2.49. The van der Waals surface area contributed by atoms with E-state index in [1.807, 2.05) is 6.07 Å². The topological polar surface area (TPSA) is 25.8 Å². The highest BCUT2D eigenvalue weighted by atomic mass is 127. The van der Waals surface area contributed by atoms with Crippen LogP contribution in [0.4, 0.5) is 0 Å². The SMILES string of the molecule is ICSc1ncccn1. The summed E-state index contributed by atoms with van der Waals surface area (Å²) in [5.74, 6) is 0. The van der Waals surface area contributed by atoms with E-state index in [4.69, 9.17) is 0 Å². The van der Waals surface area contributed by atoms with Crippen LogP contribution < -0.4 is 0 Å². The van der Waals surface area contributed by atoms with Gasteiger partial charge < -0.3 is 0 Å². The summed E-state index contributed by atoms with van der Waals surface area (Å²) < 4.78 is 1.00. The molecule has 0 unspecified atom stereocenters. The molecular formula is C5H5IN2S. The van der Waals surface area contributed by atoms with E-state index in [1.54, 1.807) is 24.2 Å². The molecule has 0 spiro atoms. The fourth-order valence-electron chi connectivity index (χ4n) is 0.409. The van der Waals surface area contributed by atoms with Crippen LogP contribution in [-0.4, -0.2) is 13.7 Å². The zero-order valence-electron chi connectivity index (χ0n) is 4.62. The van der Waals surface area contributed by atoms with Gasteiger partial charge in [0.25, 0.3) is 0 Å². The van der Waals surface area contributed by atoms with Gasteiger partial charge in [0.1, 0.15) is 0 Å². The van der Waals surface area contributed by atoms with Gasteiger partial charge in [0.05, 0.1) is 3.76 Å². The quantitative estimate of drug-likeness (QED) is 0.348. The fourth-order valence-corrected chi connectivity index (χ4v) is 1.61. The third-order valence-electron chi connectivity index (χ3n) is 0.726. The van der Waals surface area contributed by atoms with E-state index in [2.05, 4.69) is 32.6 Å². The number of nitrogens with zero attached hydrogens (tertiary/aromatic N) is 2. The second-order valence-corrected chi connectivity index (χ2v) is 4.03. The fraction of sp³-hybridized carbons (Fsp3) is 0.200. The molecule has 0 aromatic carbocycles. The first-order valence-corrected chi connectivity index (χ1v) is 4.90. The van der Waals surface area contributed by atoms with Crippen LogP contribution in [0.3, 0.4) is 0 Å². The zero-order chi connectivity index (χ0) is 6.53. The predicted molar refractivity (Wildman–Crippen MR) is 46.8 cm³/mol. The van der Waals surface area contributed by atoms with Gasteiger partial charge >= 0.3 is 0 Å². The lowest BCUT2D eigenvalue weighted by molar-refractivity contribution is 0.970. The monoisotopic (exact) mass is 252 g/mol. The van der Waals surface area contributed by atoms with Crippen molar-refractivity contribution in [2.45, 2.75) is 5.16 Å². The Kier molecular flexibility index (Phi) is 3.27. The number of hydrogen-bond acceptors (Lipinski definition) is 3. The van der Waals surface area contributed by atoms with Crippen LogP contribution in [0, 0.1) is 0 Å². The van der Waals surface area contributed by atoms with Crippen molar-refractivity contribution < 1.29 is 0 Å². The summed E-state index contributed by atoms with van der Waals surface area (Å²) >= 11 is 3.91. The van der Waals surface area contributed by atoms with Crippen molar-refractivity contribution in [2.75, 3.05) is 3.76 Å². The van der Waals surface area contributed by atoms with E-state index in [0.717, 1.165) is 8.92 Å². The number of alkyl halides is 1. The second kappa shape index (κ2) is 4.05. The summed E-state index contributed by atoms with van der Waals surface area (Å²) in [6.07, 6.45) is 3.50. The molecule has 9 heavy (non-hydrogen) atoms. The maximum Gasteiger partial charge on any atom is 0.188 e. The lowest BCUT2D eigenvalue weighted by Crippen LogP contribution is -1.80. The van der Waals surface area contributed by atoms with Crippen LogP contribution in [0.15, 0.2) is 23.6 Å². The summed E-state index contributed by atoms with van der Waals surface area (Å²) in [6.45, 7) is 0. The van der Waals surface area contributed by atoms with Gasteiger partial charge in [0.15, 0.2) is 5.16 Å². The lowest BCUT2D eigenvalue weighted by Gasteiger charge is -1.90. The molecule has 1 aromatic rings. The highest BCUT2D eigenvalue weighted by molar-refractivity contribution is 14.1. The summed E-state index contributed by atoms with van der Waals surface area (Å²) in [5, 5.41) is 0.854. The van der Waals surface area contributed by atoms with E-state index in [0.29, 0.717) is 0 Å². The molecule has 1 aromatic heterocycles. The largest absolute Gasteiger partial charge is 0.231 e. The zero-order valence-corrected chi connectivity index (χ0v) is 7.59. The third-order valence-corrected chi connectivity index (χ3v) is 2.24. The van der Waals surface area contributed by atoms with Crippen LogP contribution in [0.2, 0.25) is 0 Å². The summed E-state index contributed by atoms with van der Waals surface area (Å²) in [6, 6.07) is 1.82. The minimum atomic E-state index is 0.854. The molecule has 48 valence electrons. The molecule has 4 heteroatoms. The second-order valence-electron chi connectivity index (χ2n) is 1.28. The van der Waals surface area contributed by atoms with Crippen molar-refractivity contribution in [2.24, 2.45) is 0 Å². The first-order valence-electron chi connectivity index (χ1n) is 2.39. The summed E-state index contributed by atoms with van der Waals surface area (Å²) in [5.41, 5.74) is 0. The number of halogens is 1. The van der Waals surface area contributed by atoms with Crippen molar-refractivity contribution in [3.63, 3.8) is 0 Å². The van der Waals surface area contributed by atoms with E-state index >= 15 is 0 Å². The molecule has 0 radical (unpaired) electrons. The Morgan fingerprint density at radius 2 is 2.11 bits per heavy atom. The van der Waals surface area contributed by atoms with Gasteiger partial charge in [-0.25, -0.2) is 9.97 Å². The van der Waals surface area contributed by atoms with Gasteiger partial charge in [0, 0.05) is 12.4 Å². The van der Waals surface area contributed by atoms with Crippen LogP contribution in [0.25, 0.3) is 0 Å². The smallest absolute Gasteiger partial charge is 0.188 e. The molecule has 0 atom stereocenters. The standard InChI is InChI=1S/C5H5IN2S/c6-4-9-5-7-2-1-3-8-5/h1-3H,4H2. The molecule has 0 aliphatic heterocycles. The van der Waals surface area contributed by atoms with Gasteiger partial charge in [-0.3, -0.25) is 0 Å². The van der Waals surface area contributed by atoms with E-state index in [1.165, 1.54) is 0 Å². The molecular weight excluding hydrogens is 247 g/mol. The van der Waals surface area contributed by atoms with Crippen molar-refractivity contribution in [3.05, 3.63) is 18.5 Å². The molecule has 0 fully saturated rings. The average molecular weight is 252 g/mol. The Morgan fingerprint density at radius 1 is 1.44 bits per heavy atom. The van der Waals surface area contributed by atoms with Gasteiger partial charge in [-0.05, 0) is 6.07 Å². The maximum absolute atomic E-state index is 4.02. The van der Waals surface area contributed by atoms with Crippen molar-refractivity contribution in [1.82, 2.24) is 9.97 Å². The van der Waals surface area contributed by atoms with Crippen LogP contribution in [-0.2, 0) is 0 Å². The van der Waals surface area contributed by atoms with Gasteiger partial charge in [-0.1, -0.05) is 34.4 Å². The molecule has 0 saturated carbocycles. The Hall–Kier alpha value is 0.160. The van der Waals surface area contributed by atoms with Gasteiger partial charge in [-0.15, -0.1) is 0 Å². The van der Waals surface area contributed by atoms with Gasteiger partial charge in [0.2, 0.25) is 0 Å². The molecule has 0 aliphatic carbocycles. The average Bonchev–Trinajstić information content (AvgIpc) is 1.91. The lowest BCUT2D eigenvalue weighted by atomic mass is 10.7. The minimum Gasteiger partial charge on any atom is -0.231 e. The Labute approximate surface area is 71.6 Å². The number of rotatable bonds is 2. The normalized spacial score (nSPS) is 9.44. The first kappa shape index (κ1) is 7.27. The molecule has 0 bridgehead atoms. The molecule has 0 aliphatic rings. The van der Waals surface area contributed by atoms with Crippen LogP contribution in [0.5, 0.6) is 0 Å². The summed E-state index contributed by atoms with van der Waals surface area (Å²) in [4.78, 5) is 8.03. The van der Waals surface area contributed by atoms with E-state index in [9.17, 15) is 0 Å². The highest BCUT2D eigenvalue weighted by Gasteiger charge is 1.89. The van der Waals surface area contributed by atoms with Crippen molar-refractivity contribution >= 4 is 34.4 Å². The highest BCUT2D eigenvalue weighted by Crippen LogP contribution is 2.12. The van der Waals surface area contributed by atoms with Crippen molar-refractivity contribution in [1.29, 1.82) is 0 Å². The van der Waals surface area contributed by atoms with Crippen LogP contribution in [0.1, 0.15) is 0 Å². The molecule has 1 rings (SSSR count). The number of thioether (sulfide) groups is 1. The minimum absolute atomic E-state index is 0.854. The number of aromatic nitrogens is 2. The Bertz CT molecular complexity index is 168. The number of hydrogen-bond donors (Lipinski definition) is 0. The first-order chi connectivity index (χ1) is 4.43. The van der Waals surface area contributed by atoms with Gasteiger partial charge in [-0.2, -0.15) is 0 Å². The van der Waals surface area contributed by atoms with E-state index in [-0.39, 0.29) is 0 Å². The van der Waals surface area contributed by atoms with Crippen LogP contribution >= 0.6 is 34.4 Å². The summed E-state index contributed by atoms with van der Waals surface area (Å²) in [7, 11) is 0. The molecule has 0 saturated heterocycles. The molecule has 1 heterocycles. The Balaban J connectivity index is 2.61.